The van der Waals surface area contributed by atoms with Crippen LogP contribution in [0.4, 0.5) is 5.82 Å². The molecule has 0 saturated carbocycles. The molecule has 1 aromatic carbocycles. The zero-order chi connectivity index (χ0) is 19.3. The average molecular weight is 374 g/mol. The Morgan fingerprint density at radius 3 is 2.71 bits per heavy atom. The number of hydrogen-bond acceptors (Lipinski definition) is 6. The van der Waals surface area contributed by atoms with E-state index in [1.807, 2.05) is 40.8 Å². The molecule has 7 heteroatoms. The van der Waals surface area contributed by atoms with Gasteiger partial charge in [-0.05, 0) is 50.3 Å². The van der Waals surface area contributed by atoms with Gasteiger partial charge in [-0.1, -0.05) is 12.1 Å². The van der Waals surface area contributed by atoms with Crippen molar-refractivity contribution in [2.45, 2.75) is 6.42 Å². The van der Waals surface area contributed by atoms with Crippen molar-refractivity contribution >= 4 is 39.5 Å². The molecule has 7 nitrogen and oxygen atoms in total. The van der Waals surface area contributed by atoms with E-state index in [2.05, 4.69) is 21.8 Å². The van der Waals surface area contributed by atoms with Crippen LogP contribution in [-0.2, 0) is 0 Å². The van der Waals surface area contributed by atoms with Crippen LogP contribution in [0, 0.1) is 0 Å². The summed E-state index contributed by atoms with van der Waals surface area (Å²) >= 11 is 0. The molecule has 0 N–H and O–H groups in total. The van der Waals surface area contributed by atoms with E-state index in [9.17, 15) is 9.90 Å². The van der Waals surface area contributed by atoms with Crippen LogP contribution in [0.1, 0.15) is 16.8 Å². The summed E-state index contributed by atoms with van der Waals surface area (Å²) in [5, 5.41) is 12.5. The Kier molecular flexibility index (Phi) is 3.91. The number of hydrogen-bond donors (Lipinski definition) is 0. The van der Waals surface area contributed by atoms with Crippen LogP contribution in [-0.4, -0.2) is 58.5 Å². The molecule has 4 heterocycles. The first-order chi connectivity index (χ1) is 13.6. The number of aromatic carboxylic acids is 1. The third-order valence-corrected chi connectivity index (χ3v) is 5.47. The number of carboxylic acid groups (broad SMARTS) is 1. The smallest absolute Gasteiger partial charge is 0.148 e. The lowest BCUT2D eigenvalue weighted by Crippen LogP contribution is -2.29. The van der Waals surface area contributed by atoms with Crippen molar-refractivity contribution in [2.75, 3.05) is 38.1 Å². The number of carbonyl (C=O) groups is 1. The lowest BCUT2D eigenvalue weighted by molar-refractivity contribution is -0.254. The summed E-state index contributed by atoms with van der Waals surface area (Å²) in [6.07, 6.45) is 1.09. The molecule has 5 rings (SSSR count). The Morgan fingerprint density at radius 1 is 1.00 bits per heavy atom. The third kappa shape index (κ3) is 2.66. The van der Waals surface area contributed by atoms with Crippen molar-refractivity contribution in [3.8, 4) is 0 Å². The van der Waals surface area contributed by atoms with Gasteiger partial charge in [-0.15, -0.1) is 0 Å². The standard InChI is InChI=1S/C21H21N5O2/c1-24-9-4-10-25(12-11-24)18-8-7-14-13-15(21(27)28)20-22-16-5-2-3-6-17(16)26(20)19(14)23-18/h2-3,5-8,13H,4,9-12H2,1H3,(H,27,28)/p-1. The molecule has 1 fully saturated rings. The van der Waals surface area contributed by atoms with E-state index >= 15 is 0 Å². The van der Waals surface area contributed by atoms with Crippen molar-refractivity contribution in [1.29, 1.82) is 0 Å². The second-order valence-electron chi connectivity index (χ2n) is 7.33. The molecule has 1 aliphatic rings. The third-order valence-electron chi connectivity index (χ3n) is 5.47. The summed E-state index contributed by atoms with van der Waals surface area (Å²) in [5.41, 5.74) is 2.74. The van der Waals surface area contributed by atoms with E-state index in [0.717, 1.165) is 54.8 Å². The highest BCUT2D eigenvalue weighted by Crippen LogP contribution is 2.27. The second kappa shape index (κ2) is 6.45. The van der Waals surface area contributed by atoms with E-state index in [1.165, 1.54) is 0 Å². The first-order valence-electron chi connectivity index (χ1n) is 9.47. The fraction of sp³-hybridized carbons (Fsp3) is 0.286. The zero-order valence-electron chi connectivity index (χ0n) is 15.6. The molecular formula is C21H20N5O2-. The number of likely N-dealkylation sites (N-methyl/N-ethyl adjacent to an activating group) is 1. The fourth-order valence-electron chi connectivity index (χ4n) is 3.98. The summed E-state index contributed by atoms with van der Waals surface area (Å²) in [6, 6.07) is 13.1. The molecule has 0 spiro atoms. The summed E-state index contributed by atoms with van der Waals surface area (Å²) in [7, 11) is 2.14. The topological polar surface area (TPSA) is 76.8 Å². The van der Waals surface area contributed by atoms with Crippen LogP contribution in [0.2, 0.25) is 0 Å². The van der Waals surface area contributed by atoms with Crippen molar-refractivity contribution in [3.63, 3.8) is 0 Å². The summed E-state index contributed by atoms with van der Waals surface area (Å²) in [5.74, 6) is -0.329. The summed E-state index contributed by atoms with van der Waals surface area (Å²) < 4.78 is 1.84. The molecule has 0 amide bonds. The Bertz CT molecular complexity index is 1220. The minimum absolute atomic E-state index is 0.0784. The van der Waals surface area contributed by atoms with Crippen molar-refractivity contribution in [3.05, 3.63) is 48.0 Å². The number of carbonyl (C=O) groups excluding carboxylic acids is 1. The molecule has 3 aromatic heterocycles. The lowest BCUT2D eigenvalue weighted by Gasteiger charge is -2.22. The van der Waals surface area contributed by atoms with E-state index < -0.39 is 5.97 Å². The van der Waals surface area contributed by atoms with E-state index in [0.29, 0.717) is 11.3 Å². The van der Waals surface area contributed by atoms with Crippen molar-refractivity contribution in [2.24, 2.45) is 0 Å². The van der Waals surface area contributed by atoms with Gasteiger partial charge in [0, 0.05) is 30.6 Å². The van der Waals surface area contributed by atoms with E-state index in [4.69, 9.17) is 4.98 Å². The monoisotopic (exact) mass is 374 g/mol. The van der Waals surface area contributed by atoms with Crippen LogP contribution in [0.3, 0.4) is 0 Å². The quantitative estimate of drug-likeness (QED) is 0.530. The largest absolute Gasteiger partial charge is 0.545 e. The Morgan fingerprint density at radius 2 is 1.86 bits per heavy atom. The molecule has 0 radical (unpaired) electrons. The normalized spacial score (nSPS) is 16.1. The van der Waals surface area contributed by atoms with Crippen LogP contribution in [0.5, 0.6) is 0 Å². The molecule has 0 atom stereocenters. The molecule has 28 heavy (non-hydrogen) atoms. The van der Waals surface area contributed by atoms with E-state index in [-0.39, 0.29) is 5.56 Å². The maximum absolute atomic E-state index is 11.7. The van der Waals surface area contributed by atoms with Gasteiger partial charge in [0.1, 0.15) is 17.1 Å². The summed E-state index contributed by atoms with van der Waals surface area (Å²) in [4.78, 5) is 25.8. The zero-order valence-corrected chi connectivity index (χ0v) is 15.6. The van der Waals surface area contributed by atoms with Gasteiger partial charge in [-0.25, -0.2) is 9.97 Å². The van der Waals surface area contributed by atoms with Gasteiger partial charge in [0.05, 0.1) is 17.0 Å². The summed E-state index contributed by atoms with van der Waals surface area (Å²) in [6.45, 7) is 3.94. The molecule has 1 aliphatic heterocycles. The minimum Gasteiger partial charge on any atom is -0.545 e. The number of benzene rings is 1. The van der Waals surface area contributed by atoms with Crippen LogP contribution in [0.25, 0.3) is 27.7 Å². The van der Waals surface area contributed by atoms with Gasteiger partial charge in [-0.2, -0.15) is 0 Å². The lowest BCUT2D eigenvalue weighted by atomic mass is 10.2. The van der Waals surface area contributed by atoms with Gasteiger partial charge < -0.3 is 19.7 Å². The average Bonchev–Trinajstić information content (AvgIpc) is 2.95. The molecule has 0 bridgehead atoms. The Balaban J connectivity index is 1.77. The van der Waals surface area contributed by atoms with Crippen LogP contribution in [0.15, 0.2) is 42.5 Å². The molecule has 1 saturated heterocycles. The molecule has 4 aromatic rings. The van der Waals surface area contributed by atoms with Crippen molar-refractivity contribution in [1.82, 2.24) is 19.3 Å². The van der Waals surface area contributed by atoms with Gasteiger partial charge in [0.2, 0.25) is 0 Å². The maximum Gasteiger partial charge on any atom is 0.148 e. The molecule has 142 valence electrons. The highest BCUT2D eigenvalue weighted by Gasteiger charge is 2.17. The first kappa shape index (κ1) is 16.9. The highest BCUT2D eigenvalue weighted by atomic mass is 16.4. The van der Waals surface area contributed by atoms with Gasteiger partial charge in [0.15, 0.2) is 0 Å². The highest BCUT2D eigenvalue weighted by molar-refractivity contribution is 6.01. The maximum atomic E-state index is 11.7. The molecular weight excluding hydrogens is 354 g/mol. The number of imidazole rings is 1. The Labute approximate surface area is 161 Å². The Hall–Kier alpha value is -3.19. The van der Waals surface area contributed by atoms with Gasteiger partial charge in [0.25, 0.3) is 0 Å². The number of pyridine rings is 2. The SMILES string of the molecule is CN1CCCN(c2ccc3cc(C(=O)[O-])c4nc5ccccc5n4c3n2)CC1. The number of para-hydroxylation sites is 2. The van der Waals surface area contributed by atoms with Crippen LogP contribution >= 0.6 is 0 Å². The first-order valence-corrected chi connectivity index (χ1v) is 9.47. The second-order valence-corrected chi connectivity index (χ2v) is 7.33. The fourth-order valence-corrected chi connectivity index (χ4v) is 3.98. The predicted molar refractivity (Wildman–Crippen MR) is 107 cm³/mol. The van der Waals surface area contributed by atoms with Gasteiger partial charge >= 0.3 is 0 Å². The minimum atomic E-state index is -1.23. The number of rotatable bonds is 2. The number of fused-ring (bicyclic) bond motifs is 5. The number of aromatic nitrogens is 3. The predicted octanol–water partition coefficient (Wildman–Crippen LogP) is 1.54. The number of nitrogens with zero attached hydrogens (tertiary/aromatic N) is 5. The van der Waals surface area contributed by atoms with E-state index in [1.54, 1.807) is 6.07 Å². The van der Waals surface area contributed by atoms with Crippen molar-refractivity contribution < 1.29 is 9.90 Å². The number of anilines is 1. The number of carboxylic acids is 1. The van der Waals surface area contributed by atoms with Gasteiger partial charge in [-0.3, -0.25) is 4.40 Å². The molecule has 0 aliphatic carbocycles. The molecule has 0 unspecified atom stereocenters. The van der Waals surface area contributed by atoms with Crippen LogP contribution < -0.4 is 10.0 Å².